The number of nitrogens with one attached hydrogen (secondary N) is 1. The Morgan fingerprint density at radius 2 is 1.83 bits per heavy atom. The molecule has 2 atom stereocenters. The number of methoxy groups -OCH3 is 3. The zero-order valence-corrected chi connectivity index (χ0v) is 13.9. The van der Waals surface area contributed by atoms with Gasteiger partial charge in [0.1, 0.15) is 0 Å². The molecule has 1 aromatic rings. The van der Waals surface area contributed by atoms with E-state index in [9.17, 15) is 9.59 Å². The van der Waals surface area contributed by atoms with E-state index in [1.165, 1.54) is 27.4 Å². The molecule has 1 fully saturated rings. The van der Waals surface area contributed by atoms with E-state index < -0.39 is 11.9 Å². The van der Waals surface area contributed by atoms with Crippen LogP contribution in [0.15, 0.2) is 18.2 Å². The smallest absolute Gasteiger partial charge is 0.308 e. The summed E-state index contributed by atoms with van der Waals surface area (Å²) in [6.45, 7) is 0. The van der Waals surface area contributed by atoms with Crippen molar-refractivity contribution in [1.29, 1.82) is 0 Å². The van der Waals surface area contributed by atoms with Crippen molar-refractivity contribution in [2.75, 3.05) is 21.3 Å². The molecule has 7 nitrogen and oxygen atoms in total. The zero-order valence-electron chi connectivity index (χ0n) is 13.9. The van der Waals surface area contributed by atoms with Gasteiger partial charge in [-0.15, -0.1) is 0 Å². The average Bonchev–Trinajstić information content (AvgIpc) is 2.54. The van der Waals surface area contributed by atoms with Gasteiger partial charge in [-0.3, -0.25) is 9.59 Å². The van der Waals surface area contributed by atoms with E-state index >= 15 is 0 Å². The molecule has 0 aliphatic heterocycles. The summed E-state index contributed by atoms with van der Waals surface area (Å²) in [5.41, 5.74) is 0.647. The van der Waals surface area contributed by atoms with Crippen LogP contribution in [-0.4, -0.2) is 44.4 Å². The number of carbonyl (C=O) groups is 2. The quantitative estimate of drug-likeness (QED) is 0.737. The number of hydrogen-bond donors (Lipinski definition) is 2. The molecule has 0 radical (unpaired) electrons. The number of ether oxygens (including phenoxy) is 3. The lowest BCUT2D eigenvalue weighted by Gasteiger charge is -2.33. The lowest BCUT2D eigenvalue weighted by atomic mass is 9.79. The summed E-state index contributed by atoms with van der Waals surface area (Å²) in [6, 6.07) is 3.14. The molecule has 2 rings (SSSR count). The molecule has 1 aliphatic carbocycles. The van der Waals surface area contributed by atoms with Crippen molar-refractivity contribution in [2.24, 2.45) is 5.92 Å². The van der Waals surface area contributed by atoms with Crippen LogP contribution < -0.4 is 19.5 Å². The summed E-state index contributed by atoms with van der Waals surface area (Å²) in [6.07, 6.45) is 4.20. The van der Waals surface area contributed by atoms with Gasteiger partial charge in [-0.2, -0.15) is 0 Å². The number of aliphatic carboxylic acids is 1. The SMILES string of the molecule is COc1ccc(/C=C/C(=O)NC2CCC2C(=O)O)c(OC)c1OC. The Morgan fingerprint density at radius 1 is 1.12 bits per heavy atom. The maximum atomic E-state index is 12.0. The Labute approximate surface area is 140 Å². The van der Waals surface area contributed by atoms with Gasteiger partial charge in [0, 0.05) is 17.7 Å². The van der Waals surface area contributed by atoms with Gasteiger partial charge >= 0.3 is 5.97 Å². The molecule has 1 aliphatic rings. The molecule has 2 unspecified atom stereocenters. The first-order chi connectivity index (χ1) is 11.5. The second-order valence-electron chi connectivity index (χ2n) is 5.39. The topological polar surface area (TPSA) is 94.1 Å². The highest BCUT2D eigenvalue weighted by Gasteiger charge is 2.37. The highest BCUT2D eigenvalue weighted by atomic mass is 16.5. The number of amides is 1. The second-order valence-corrected chi connectivity index (χ2v) is 5.39. The molecule has 0 heterocycles. The van der Waals surface area contributed by atoms with E-state index in [4.69, 9.17) is 19.3 Å². The minimum atomic E-state index is -0.878. The van der Waals surface area contributed by atoms with Crippen LogP contribution in [0.25, 0.3) is 6.08 Å². The number of rotatable bonds is 7. The molecule has 1 saturated carbocycles. The van der Waals surface area contributed by atoms with Crippen LogP contribution in [0.3, 0.4) is 0 Å². The third-order valence-electron chi connectivity index (χ3n) is 4.07. The Kier molecular flexibility index (Phi) is 5.68. The van der Waals surface area contributed by atoms with Crippen LogP contribution in [0, 0.1) is 5.92 Å². The fourth-order valence-electron chi connectivity index (χ4n) is 2.62. The molecule has 1 amide bonds. The van der Waals surface area contributed by atoms with Crippen LogP contribution in [0.4, 0.5) is 0 Å². The summed E-state index contributed by atoms with van der Waals surface area (Å²) < 4.78 is 15.8. The highest BCUT2D eigenvalue weighted by Crippen LogP contribution is 2.40. The first-order valence-corrected chi connectivity index (χ1v) is 7.52. The van der Waals surface area contributed by atoms with Crippen LogP contribution in [-0.2, 0) is 9.59 Å². The predicted molar refractivity (Wildman–Crippen MR) is 87.4 cm³/mol. The molecule has 2 N–H and O–H groups in total. The summed E-state index contributed by atoms with van der Waals surface area (Å²) in [4.78, 5) is 22.9. The Hall–Kier alpha value is -2.70. The van der Waals surface area contributed by atoms with Gasteiger partial charge < -0.3 is 24.6 Å². The van der Waals surface area contributed by atoms with Crippen molar-refractivity contribution >= 4 is 18.0 Å². The van der Waals surface area contributed by atoms with Crippen molar-refractivity contribution in [3.8, 4) is 17.2 Å². The van der Waals surface area contributed by atoms with Crippen molar-refractivity contribution < 1.29 is 28.9 Å². The molecule has 0 aromatic heterocycles. The van der Waals surface area contributed by atoms with Crippen molar-refractivity contribution in [3.63, 3.8) is 0 Å². The largest absolute Gasteiger partial charge is 0.493 e. The van der Waals surface area contributed by atoms with Gasteiger partial charge in [0.05, 0.1) is 27.2 Å². The van der Waals surface area contributed by atoms with Crippen LogP contribution >= 0.6 is 0 Å². The van der Waals surface area contributed by atoms with E-state index in [0.29, 0.717) is 35.7 Å². The molecular weight excluding hydrogens is 314 g/mol. The van der Waals surface area contributed by atoms with Crippen LogP contribution in [0.2, 0.25) is 0 Å². The molecular formula is C17H21NO6. The summed E-state index contributed by atoms with van der Waals surface area (Å²) in [7, 11) is 4.53. The summed E-state index contributed by atoms with van der Waals surface area (Å²) in [5, 5.41) is 11.7. The lowest BCUT2D eigenvalue weighted by molar-refractivity contribution is -0.146. The molecule has 24 heavy (non-hydrogen) atoms. The third-order valence-corrected chi connectivity index (χ3v) is 4.07. The predicted octanol–water partition coefficient (Wildman–Crippen LogP) is 1.71. The number of carboxylic acids is 1. The first-order valence-electron chi connectivity index (χ1n) is 7.52. The molecule has 0 saturated heterocycles. The Bertz CT molecular complexity index is 655. The monoisotopic (exact) mass is 335 g/mol. The average molecular weight is 335 g/mol. The molecule has 1 aromatic carbocycles. The van der Waals surface area contributed by atoms with Crippen molar-refractivity contribution in [1.82, 2.24) is 5.32 Å². The van der Waals surface area contributed by atoms with Gasteiger partial charge in [-0.1, -0.05) is 0 Å². The van der Waals surface area contributed by atoms with Gasteiger partial charge in [-0.25, -0.2) is 0 Å². The van der Waals surface area contributed by atoms with Gasteiger partial charge in [0.25, 0.3) is 0 Å². The number of carboxylic acid groups (broad SMARTS) is 1. The lowest BCUT2D eigenvalue weighted by Crippen LogP contribution is -2.49. The number of carbonyl (C=O) groups excluding carboxylic acids is 1. The zero-order chi connectivity index (χ0) is 17.7. The van der Waals surface area contributed by atoms with E-state index in [0.717, 1.165) is 0 Å². The molecule has 7 heteroatoms. The maximum absolute atomic E-state index is 12.0. The van der Waals surface area contributed by atoms with E-state index in [1.54, 1.807) is 18.2 Å². The number of benzene rings is 1. The normalized spacial score (nSPS) is 19.5. The van der Waals surface area contributed by atoms with Crippen molar-refractivity contribution in [3.05, 3.63) is 23.8 Å². The molecule has 130 valence electrons. The first kappa shape index (κ1) is 17.7. The van der Waals surface area contributed by atoms with E-state index in [1.807, 2.05) is 0 Å². The maximum Gasteiger partial charge on any atom is 0.308 e. The second kappa shape index (κ2) is 7.72. The van der Waals surface area contributed by atoms with Crippen molar-refractivity contribution in [2.45, 2.75) is 18.9 Å². The van der Waals surface area contributed by atoms with E-state index in [2.05, 4.69) is 5.32 Å². The van der Waals surface area contributed by atoms with Gasteiger partial charge in [0.15, 0.2) is 11.5 Å². The highest BCUT2D eigenvalue weighted by molar-refractivity contribution is 5.93. The Balaban J connectivity index is 2.11. The fourth-order valence-corrected chi connectivity index (χ4v) is 2.62. The number of hydrogen-bond acceptors (Lipinski definition) is 5. The minimum Gasteiger partial charge on any atom is -0.493 e. The standard InChI is InChI=1S/C17H21NO6/c1-22-13-8-4-10(15(23-2)16(13)24-3)5-9-14(19)18-12-7-6-11(12)17(20)21/h4-5,8-9,11-12H,6-7H2,1-3H3,(H,18,19)(H,20,21)/b9-5+. The van der Waals surface area contributed by atoms with Gasteiger partial charge in [0.2, 0.25) is 11.7 Å². The Morgan fingerprint density at radius 3 is 2.33 bits per heavy atom. The van der Waals surface area contributed by atoms with E-state index in [-0.39, 0.29) is 11.9 Å². The summed E-state index contributed by atoms with van der Waals surface area (Å²) in [5.74, 6) is -0.312. The molecule has 0 bridgehead atoms. The van der Waals surface area contributed by atoms with Crippen LogP contribution in [0.1, 0.15) is 18.4 Å². The fraction of sp³-hybridized carbons (Fsp3) is 0.412. The molecule has 0 spiro atoms. The van der Waals surface area contributed by atoms with Gasteiger partial charge in [-0.05, 0) is 31.1 Å². The minimum absolute atomic E-state index is 0.313. The van der Waals surface area contributed by atoms with Crippen LogP contribution in [0.5, 0.6) is 17.2 Å². The third kappa shape index (κ3) is 3.61. The summed E-state index contributed by atoms with van der Waals surface area (Å²) >= 11 is 0.